The number of carbonyl (C=O) groups is 2. The fourth-order valence-electron chi connectivity index (χ4n) is 6.45. The van der Waals surface area contributed by atoms with Gasteiger partial charge in [-0.1, -0.05) is 191 Å². The third-order valence-electron chi connectivity index (χ3n) is 10.1. The zero-order valence-electron chi connectivity index (χ0n) is 38.4. The summed E-state index contributed by atoms with van der Waals surface area (Å²) >= 11 is 0. The van der Waals surface area contributed by atoms with Crippen LogP contribution in [0.1, 0.15) is 206 Å². The van der Waals surface area contributed by atoms with Crippen LogP contribution in [0.15, 0.2) is 48.6 Å². The normalized spacial score (nSPS) is 13.7. The smallest absolute Gasteiger partial charge is 0.462 e. The number of carbonyl (C=O) groups excluding carboxylic acids is 2. The highest BCUT2D eigenvalue weighted by molar-refractivity contribution is 7.47. The van der Waals surface area contributed by atoms with E-state index < -0.39 is 32.5 Å². The van der Waals surface area contributed by atoms with Gasteiger partial charge in [-0.3, -0.25) is 18.6 Å². The number of ether oxygens (including phenoxy) is 2. The van der Waals surface area contributed by atoms with Gasteiger partial charge in [0.15, 0.2) is 6.10 Å². The Kier molecular flexibility index (Phi) is 42.5. The van der Waals surface area contributed by atoms with Crippen molar-refractivity contribution in [1.82, 2.24) is 4.90 Å². The van der Waals surface area contributed by atoms with Crippen LogP contribution in [0.3, 0.4) is 0 Å². The van der Waals surface area contributed by atoms with E-state index in [4.69, 9.17) is 18.5 Å². The van der Waals surface area contributed by atoms with Gasteiger partial charge in [-0.25, -0.2) is 4.57 Å². The maximum absolute atomic E-state index is 12.7. The molecule has 0 aliphatic rings. The van der Waals surface area contributed by atoms with Crippen LogP contribution in [0.2, 0.25) is 0 Å². The SMILES string of the molecule is CCCCC/C=C\C/C=C\C/C=C\C/C=C\CCCC(=O)OCC(COP(=O)(O)OCCN(C)C)OC(=O)CCCCCCCCCCCCCCCCCCCCC. The summed E-state index contributed by atoms with van der Waals surface area (Å²) in [6, 6.07) is 0. The van der Waals surface area contributed by atoms with Crippen molar-refractivity contribution in [2.24, 2.45) is 0 Å². The number of phosphoric acid groups is 1. The second kappa shape index (κ2) is 44.0. The average Bonchev–Trinajstić information content (AvgIpc) is 3.20. The number of phosphoric ester groups is 1. The number of rotatable bonds is 44. The molecule has 0 saturated heterocycles. The molecule has 0 fully saturated rings. The second-order valence-corrected chi connectivity index (χ2v) is 17.7. The van der Waals surface area contributed by atoms with Gasteiger partial charge in [0, 0.05) is 19.4 Å². The first kappa shape index (κ1) is 57.0. The van der Waals surface area contributed by atoms with E-state index in [1.54, 1.807) is 0 Å². The van der Waals surface area contributed by atoms with Crippen LogP contribution >= 0.6 is 7.82 Å². The van der Waals surface area contributed by atoms with E-state index in [1.807, 2.05) is 19.0 Å². The molecule has 0 aliphatic heterocycles. The van der Waals surface area contributed by atoms with Crippen LogP contribution in [0.5, 0.6) is 0 Å². The Balaban J connectivity index is 4.29. The lowest BCUT2D eigenvalue weighted by Gasteiger charge is -2.20. The predicted molar refractivity (Wildman–Crippen MR) is 248 cm³/mol. The number of esters is 2. The van der Waals surface area contributed by atoms with Crippen LogP contribution in [-0.4, -0.2) is 68.3 Å². The Hall–Kier alpha value is -2.03. The van der Waals surface area contributed by atoms with Crippen molar-refractivity contribution in [3.63, 3.8) is 0 Å². The lowest BCUT2D eigenvalue weighted by molar-refractivity contribution is -0.161. The summed E-state index contributed by atoms with van der Waals surface area (Å²) in [5.74, 6) is -0.862. The van der Waals surface area contributed by atoms with E-state index in [2.05, 4.69) is 62.5 Å². The molecule has 0 radical (unpaired) electrons. The molecule has 0 spiro atoms. The first-order chi connectivity index (χ1) is 28.7. The van der Waals surface area contributed by atoms with Crippen molar-refractivity contribution in [2.45, 2.75) is 213 Å². The number of nitrogens with zero attached hydrogens (tertiary/aromatic N) is 1. The first-order valence-electron chi connectivity index (χ1n) is 23.9. The van der Waals surface area contributed by atoms with Gasteiger partial charge in [-0.2, -0.15) is 0 Å². The molecule has 0 amide bonds. The molecular weight excluding hydrogens is 762 g/mol. The van der Waals surface area contributed by atoms with Crippen LogP contribution in [0, 0.1) is 0 Å². The summed E-state index contributed by atoms with van der Waals surface area (Å²) in [6.07, 6.45) is 50.2. The first-order valence-corrected chi connectivity index (χ1v) is 25.4. The Morgan fingerprint density at radius 1 is 0.525 bits per heavy atom. The minimum Gasteiger partial charge on any atom is -0.462 e. The summed E-state index contributed by atoms with van der Waals surface area (Å²) in [5, 5.41) is 0. The fourth-order valence-corrected chi connectivity index (χ4v) is 7.19. The largest absolute Gasteiger partial charge is 0.472 e. The van der Waals surface area contributed by atoms with Crippen molar-refractivity contribution in [3.05, 3.63) is 48.6 Å². The lowest BCUT2D eigenvalue weighted by Crippen LogP contribution is -2.29. The molecule has 0 aliphatic carbocycles. The van der Waals surface area contributed by atoms with Gasteiger partial charge in [-0.15, -0.1) is 0 Å². The molecule has 0 rings (SSSR count). The van der Waals surface area contributed by atoms with Gasteiger partial charge < -0.3 is 19.3 Å². The predicted octanol–water partition coefficient (Wildman–Crippen LogP) is 14.1. The Labute approximate surface area is 362 Å². The highest BCUT2D eigenvalue weighted by Crippen LogP contribution is 2.43. The molecule has 0 bridgehead atoms. The van der Waals surface area contributed by atoms with E-state index in [1.165, 1.54) is 128 Å². The number of hydrogen-bond acceptors (Lipinski definition) is 8. The highest BCUT2D eigenvalue weighted by atomic mass is 31.2. The average molecular weight is 852 g/mol. The molecule has 0 heterocycles. The second-order valence-electron chi connectivity index (χ2n) is 16.3. The van der Waals surface area contributed by atoms with E-state index in [0.29, 0.717) is 19.4 Å². The third kappa shape index (κ3) is 45.3. The van der Waals surface area contributed by atoms with Crippen molar-refractivity contribution in [3.8, 4) is 0 Å². The van der Waals surface area contributed by atoms with Crippen molar-refractivity contribution in [1.29, 1.82) is 0 Å². The summed E-state index contributed by atoms with van der Waals surface area (Å²) < 4.78 is 33.5. The zero-order valence-corrected chi connectivity index (χ0v) is 39.3. The molecule has 9 nitrogen and oxygen atoms in total. The Bertz CT molecular complexity index is 1120. The molecule has 2 atom stereocenters. The molecule has 0 aromatic heterocycles. The summed E-state index contributed by atoms with van der Waals surface area (Å²) in [7, 11) is -0.733. The Morgan fingerprint density at radius 3 is 1.41 bits per heavy atom. The minimum atomic E-state index is -4.38. The van der Waals surface area contributed by atoms with Gasteiger partial charge in [-0.05, 0) is 65.5 Å². The van der Waals surface area contributed by atoms with Gasteiger partial charge >= 0.3 is 19.8 Å². The summed E-state index contributed by atoms with van der Waals surface area (Å²) in [4.78, 5) is 37.1. The number of likely N-dealkylation sites (N-methyl/N-ethyl adjacent to an activating group) is 1. The molecule has 2 unspecified atom stereocenters. The quantitative estimate of drug-likeness (QED) is 0.0277. The highest BCUT2D eigenvalue weighted by Gasteiger charge is 2.26. The number of allylic oxidation sites excluding steroid dienone is 8. The van der Waals surface area contributed by atoms with Gasteiger partial charge in [0.25, 0.3) is 0 Å². The zero-order chi connectivity index (χ0) is 43.3. The number of unbranched alkanes of at least 4 members (excludes halogenated alkanes) is 22. The van der Waals surface area contributed by atoms with Crippen molar-refractivity contribution < 1.29 is 37.6 Å². The summed E-state index contributed by atoms with van der Waals surface area (Å²) in [6.45, 7) is 4.25. The van der Waals surface area contributed by atoms with Gasteiger partial charge in [0.05, 0.1) is 13.2 Å². The maximum Gasteiger partial charge on any atom is 0.472 e. The van der Waals surface area contributed by atoms with E-state index in [-0.39, 0.29) is 26.1 Å². The molecule has 344 valence electrons. The molecule has 10 heteroatoms. The van der Waals surface area contributed by atoms with Crippen molar-refractivity contribution in [2.75, 3.05) is 40.5 Å². The molecule has 0 aromatic carbocycles. The van der Waals surface area contributed by atoms with Crippen LogP contribution in [-0.2, 0) is 32.7 Å². The van der Waals surface area contributed by atoms with E-state index in [9.17, 15) is 19.0 Å². The topological polar surface area (TPSA) is 112 Å². The van der Waals surface area contributed by atoms with E-state index in [0.717, 1.165) is 38.5 Å². The van der Waals surface area contributed by atoms with Crippen LogP contribution in [0.4, 0.5) is 0 Å². The standard InChI is InChI=1S/C49H90NO8P/c1-5-7-9-11-13-15-17-19-21-23-24-26-28-30-32-34-36-38-40-42-49(52)58-47(46-57-59(53,54)56-44-43-50(3)4)45-55-48(51)41-39-37-35-33-31-29-27-25-22-20-18-16-14-12-10-8-6-2/h14,16,20,22,27,29,33,35,47H,5-13,15,17-19,21,23-26,28,30-32,34,36-46H2,1-4H3,(H,53,54)/b16-14-,22-20-,29-27-,35-33-. The molecule has 0 aromatic rings. The van der Waals surface area contributed by atoms with Gasteiger partial charge in [0.1, 0.15) is 6.61 Å². The lowest BCUT2D eigenvalue weighted by atomic mass is 10.0. The molecular formula is C49H90NO8P. The number of hydrogen-bond donors (Lipinski definition) is 1. The minimum absolute atomic E-state index is 0.000933. The monoisotopic (exact) mass is 852 g/mol. The molecule has 59 heavy (non-hydrogen) atoms. The van der Waals surface area contributed by atoms with Crippen LogP contribution in [0.25, 0.3) is 0 Å². The summed E-state index contributed by atoms with van der Waals surface area (Å²) in [5.41, 5.74) is 0. The Morgan fingerprint density at radius 2 is 0.932 bits per heavy atom. The van der Waals surface area contributed by atoms with Gasteiger partial charge in [0.2, 0.25) is 0 Å². The molecule has 1 N–H and O–H groups in total. The molecule has 0 saturated carbocycles. The van der Waals surface area contributed by atoms with E-state index >= 15 is 0 Å². The maximum atomic E-state index is 12.7. The fraction of sp³-hybridized carbons (Fsp3) is 0.796. The third-order valence-corrected chi connectivity index (χ3v) is 11.1. The van der Waals surface area contributed by atoms with Crippen LogP contribution < -0.4 is 0 Å². The van der Waals surface area contributed by atoms with Crippen molar-refractivity contribution >= 4 is 19.8 Å².